The van der Waals surface area contributed by atoms with Gasteiger partial charge in [0.05, 0.1) is 11.5 Å². The molecule has 0 saturated carbocycles. The summed E-state index contributed by atoms with van der Waals surface area (Å²) in [5.41, 5.74) is 3.56. The molecule has 1 aliphatic carbocycles. The first kappa shape index (κ1) is 16.8. The minimum atomic E-state index is -0.437. The van der Waals surface area contributed by atoms with Gasteiger partial charge in [0.2, 0.25) is 0 Å². The van der Waals surface area contributed by atoms with Crippen LogP contribution in [-0.4, -0.2) is 35.8 Å². The van der Waals surface area contributed by atoms with Crippen LogP contribution in [0, 0.1) is 0 Å². The summed E-state index contributed by atoms with van der Waals surface area (Å²) in [5, 5.41) is 10.2. The summed E-state index contributed by atoms with van der Waals surface area (Å²) in [4.78, 5) is 2.36. The van der Waals surface area contributed by atoms with Crippen molar-refractivity contribution in [1.82, 2.24) is 4.90 Å². The molecule has 2 aliphatic heterocycles. The maximum absolute atomic E-state index is 10.2. The van der Waals surface area contributed by atoms with Crippen LogP contribution >= 0.6 is 0 Å². The molecule has 3 aliphatic rings. The van der Waals surface area contributed by atoms with Crippen molar-refractivity contribution in [3.05, 3.63) is 71.3 Å². The molecule has 0 radical (unpaired) electrons. The number of aliphatic hydroxyl groups is 1. The van der Waals surface area contributed by atoms with Gasteiger partial charge in [0.25, 0.3) is 0 Å². The molecule has 0 fully saturated rings. The van der Waals surface area contributed by atoms with E-state index in [9.17, 15) is 5.11 Å². The first-order chi connectivity index (χ1) is 13.2. The van der Waals surface area contributed by atoms with Crippen LogP contribution in [0.25, 0.3) is 0 Å². The van der Waals surface area contributed by atoms with Crippen LogP contribution in [0.4, 0.5) is 0 Å². The monoisotopic (exact) mass is 363 g/mol. The van der Waals surface area contributed by atoms with Gasteiger partial charge in [-0.3, -0.25) is 0 Å². The topological polar surface area (TPSA) is 41.9 Å². The molecule has 3 atom stereocenters. The lowest BCUT2D eigenvalue weighted by atomic mass is 9.69. The Morgan fingerprint density at radius 2 is 2.07 bits per heavy atom. The highest BCUT2D eigenvalue weighted by Crippen LogP contribution is 2.55. The molecule has 1 N–H and O–H groups in total. The Balaban J connectivity index is 1.56. The predicted molar refractivity (Wildman–Crippen MR) is 104 cm³/mol. The van der Waals surface area contributed by atoms with Crippen molar-refractivity contribution >= 4 is 0 Å². The van der Waals surface area contributed by atoms with Crippen LogP contribution < -0.4 is 9.47 Å². The minimum absolute atomic E-state index is 0.0285. The van der Waals surface area contributed by atoms with Crippen molar-refractivity contribution in [1.29, 1.82) is 0 Å². The fourth-order valence-electron chi connectivity index (χ4n) is 4.77. The number of benzene rings is 2. The van der Waals surface area contributed by atoms with Gasteiger partial charge in [0.1, 0.15) is 12.7 Å². The van der Waals surface area contributed by atoms with Crippen LogP contribution in [0.5, 0.6) is 11.5 Å². The van der Waals surface area contributed by atoms with Crippen molar-refractivity contribution in [2.24, 2.45) is 0 Å². The molecule has 4 nitrogen and oxygen atoms in total. The third kappa shape index (κ3) is 2.75. The normalized spacial score (nSPS) is 28.8. The van der Waals surface area contributed by atoms with E-state index in [1.54, 1.807) is 0 Å². The van der Waals surface area contributed by atoms with Crippen LogP contribution in [0.2, 0.25) is 0 Å². The predicted octanol–water partition coefficient (Wildman–Crippen LogP) is 3.42. The van der Waals surface area contributed by atoms with Crippen LogP contribution in [-0.2, 0) is 18.6 Å². The highest BCUT2D eigenvalue weighted by Gasteiger charge is 2.52. The second kappa shape index (κ2) is 6.39. The van der Waals surface area contributed by atoms with Crippen molar-refractivity contribution < 1.29 is 14.6 Å². The number of hydrogen-bond acceptors (Lipinski definition) is 4. The third-order valence-corrected chi connectivity index (χ3v) is 6.16. The molecule has 0 bridgehead atoms. The van der Waals surface area contributed by atoms with E-state index in [4.69, 9.17) is 9.47 Å². The number of aliphatic hydroxyl groups excluding tert-OH is 1. The summed E-state index contributed by atoms with van der Waals surface area (Å²) in [7, 11) is 2.17. The van der Waals surface area contributed by atoms with Gasteiger partial charge in [-0.1, -0.05) is 48.6 Å². The zero-order valence-corrected chi connectivity index (χ0v) is 15.6. The second-order valence-electron chi connectivity index (χ2n) is 8.00. The summed E-state index contributed by atoms with van der Waals surface area (Å²) in [6.07, 6.45) is 5.31. The molecule has 5 rings (SSSR count). The highest BCUT2D eigenvalue weighted by atomic mass is 16.5. The Morgan fingerprint density at radius 1 is 1.22 bits per heavy atom. The molecule has 2 heterocycles. The van der Waals surface area contributed by atoms with Crippen LogP contribution in [0.1, 0.15) is 29.5 Å². The molecular weight excluding hydrogens is 338 g/mol. The Morgan fingerprint density at radius 3 is 2.93 bits per heavy atom. The Kier molecular flexibility index (Phi) is 3.99. The zero-order chi connectivity index (χ0) is 18.4. The molecular formula is C23H25NO3. The fraction of sp³-hybridized carbons (Fsp3) is 0.391. The summed E-state index contributed by atoms with van der Waals surface area (Å²) in [6.45, 7) is 2.44. The third-order valence-electron chi connectivity index (χ3n) is 6.16. The second-order valence-corrected chi connectivity index (χ2v) is 8.00. The summed E-state index contributed by atoms with van der Waals surface area (Å²) < 4.78 is 12.6. The zero-order valence-electron chi connectivity index (χ0n) is 15.6. The van der Waals surface area contributed by atoms with Crippen molar-refractivity contribution in [3.63, 3.8) is 0 Å². The molecule has 4 heteroatoms. The molecule has 0 aromatic heterocycles. The summed E-state index contributed by atoms with van der Waals surface area (Å²) in [6, 6.07) is 14.4. The smallest absolute Gasteiger partial charge is 0.166 e. The average molecular weight is 363 g/mol. The van der Waals surface area contributed by atoms with Gasteiger partial charge in [-0.25, -0.2) is 0 Å². The van der Waals surface area contributed by atoms with Gasteiger partial charge in [-0.05, 0) is 37.2 Å². The van der Waals surface area contributed by atoms with E-state index in [0.717, 1.165) is 36.6 Å². The van der Waals surface area contributed by atoms with E-state index in [0.29, 0.717) is 13.0 Å². The van der Waals surface area contributed by atoms with Crippen molar-refractivity contribution in [2.75, 3.05) is 13.6 Å². The van der Waals surface area contributed by atoms with E-state index in [1.807, 2.05) is 30.3 Å². The number of nitrogens with zero attached hydrogens (tertiary/aromatic N) is 1. The van der Waals surface area contributed by atoms with E-state index < -0.39 is 6.10 Å². The Hall–Kier alpha value is -2.30. The van der Waals surface area contributed by atoms with Crippen LogP contribution in [0.15, 0.2) is 54.6 Å². The first-order valence-corrected chi connectivity index (χ1v) is 9.71. The molecule has 1 spiro atoms. The summed E-state index contributed by atoms with van der Waals surface area (Å²) >= 11 is 0. The van der Waals surface area contributed by atoms with Gasteiger partial charge < -0.3 is 19.5 Å². The van der Waals surface area contributed by atoms with Gasteiger partial charge in [-0.2, -0.15) is 0 Å². The lowest BCUT2D eigenvalue weighted by Gasteiger charge is -2.35. The van der Waals surface area contributed by atoms with Crippen molar-refractivity contribution in [3.8, 4) is 11.5 Å². The summed E-state index contributed by atoms with van der Waals surface area (Å²) in [5.74, 6) is 1.68. The SMILES string of the molecule is CN1CC[C@@]23C=C[C@H](O)C[C@@H]2Oc2c(OCc4ccccc4)ccc(c23)C1. The number of hydrogen-bond donors (Lipinski definition) is 1. The van der Waals surface area contributed by atoms with E-state index in [2.05, 4.69) is 36.2 Å². The molecule has 0 amide bonds. The van der Waals surface area contributed by atoms with E-state index >= 15 is 0 Å². The maximum Gasteiger partial charge on any atom is 0.166 e. The minimum Gasteiger partial charge on any atom is -0.485 e. The highest BCUT2D eigenvalue weighted by molar-refractivity contribution is 5.61. The molecule has 27 heavy (non-hydrogen) atoms. The molecule has 0 unspecified atom stereocenters. The van der Waals surface area contributed by atoms with Gasteiger partial charge in [0.15, 0.2) is 11.5 Å². The Bertz CT molecular complexity index is 879. The van der Waals surface area contributed by atoms with Gasteiger partial charge in [0, 0.05) is 18.5 Å². The largest absolute Gasteiger partial charge is 0.485 e. The molecule has 0 saturated heterocycles. The quantitative estimate of drug-likeness (QED) is 0.849. The average Bonchev–Trinajstić information content (AvgIpc) is 2.93. The Labute approximate surface area is 160 Å². The van der Waals surface area contributed by atoms with Gasteiger partial charge >= 0.3 is 0 Å². The molecule has 2 aromatic carbocycles. The standard InChI is InChI=1S/C23H25NO3/c1-24-12-11-23-10-9-18(25)13-20(23)27-22-19(8-7-17(14-24)21(22)23)26-15-16-5-3-2-4-6-16/h2-10,18,20,25H,11-15H2,1H3/t18-,20-,23-/m0/s1. The van der Waals surface area contributed by atoms with Crippen LogP contribution in [0.3, 0.4) is 0 Å². The first-order valence-electron chi connectivity index (χ1n) is 9.71. The van der Waals surface area contributed by atoms with E-state index in [-0.39, 0.29) is 11.5 Å². The fourth-order valence-corrected chi connectivity index (χ4v) is 4.77. The van der Waals surface area contributed by atoms with E-state index in [1.165, 1.54) is 11.1 Å². The number of ether oxygens (including phenoxy) is 2. The maximum atomic E-state index is 10.2. The number of rotatable bonds is 3. The lowest BCUT2D eigenvalue weighted by Crippen LogP contribution is -2.42. The molecule has 140 valence electrons. The lowest BCUT2D eigenvalue weighted by molar-refractivity contribution is 0.0815. The molecule has 2 aromatic rings. The van der Waals surface area contributed by atoms with Gasteiger partial charge in [-0.15, -0.1) is 0 Å². The van der Waals surface area contributed by atoms with Crippen molar-refractivity contribution in [2.45, 2.75) is 43.6 Å².